The molecule has 0 aliphatic rings. The molecule has 0 radical (unpaired) electrons. The van der Waals surface area contributed by atoms with Gasteiger partial charge in [0.25, 0.3) is 0 Å². The van der Waals surface area contributed by atoms with Crippen molar-refractivity contribution in [1.82, 2.24) is 29.4 Å². The fourth-order valence-electron chi connectivity index (χ4n) is 3.63. The molecule has 0 spiro atoms. The molecule has 8 heteroatoms. The molecule has 30 heavy (non-hydrogen) atoms. The highest BCUT2D eigenvalue weighted by Gasteiger charge is 2.19. The fraction of sp³-hybridized carbons (Fsp3) is 0.273. The average Bonchev–Trinajstić information content (AvgIpc) is 3.28. The van der Waals surface area contributed by atoms with E-state index >= 15 is 0 Å². The zero-order valence-electron chi connectivity index (χ0n) is 17.2. The Morgan fingerprint density at radius 2 is 1.93 bits per heavy atom. The number of carbonyl (C=O) groups is 1. The van der Waals surface area contributed by atoms with Crippen molar-refractivity contribution in [3.05, 3.63) is 64.7 Å². The smallest absolute Gasteiger partial charge is 0.244 e. The van der Waals surface area contributed by atoms with Crippen molar-refractivity contribution in [2.24, 2.45) is 0 Å². The van der Waals surface area contributed by atoms with Crippen LogP contribution in [-0.2, 0) is 24.4 Å². The van der Waals surface area contributed by atoms with E-state index in [1.165, 1.54) is 0 Å². The molecule has 154 valence electrons. The van der Waals surface area contributed by atoms with Crippen molar-refractivity contribution in [1.29, 1.82) is 0 Å². The molecule has 0 bridgehead atoms. The summed E-state index contributed by atoms with van der Waals surface area (Å²) in [4.78, 5) is 19.2. The van der Waals surface area contributed by atoms with Crippen molar-refractivity contribution in [3.8, 4) is 11.1 Å². The molecule has 3 heterocycles. The molecular weight excluding hydrogens is 444 g/mol. The Kier molecular flexibility index (Phi) is 5.67. The number of hydrogen-bond donors (Lipinski definition) is 0. The second-order valence-corrected chi connectivity index (χ2v) is 8.03. The highest BCUT2D eigenvalue weighted by Crippen LogP contribution is 2.29. The molecule has 0 saturated heterocycles. The largest absolute Gasteiger partial charge is 0.338 e. The van der Waals surface area contributed by atoms with Gasteiger partial charge in [0, 0.05) is 25.2 Å². The second-order valence-electron chi connectivity index (χ2n) is 7.17. The lowest BCUT2D eigenvalue weighted by molar-refractivity contribution is -0.131. The van der Waals surface area contributed by atoms with Gasteiger partial charge in [-0.3, -0.25) is 9.48 Å². The number of aromatic nitrogens is 5. The van der Waals surface area contributed by atoms with Crippen LogP contribution in [0, 0.1) is 6.92 Å². The second kappa shape index (κ2) is 8.39. The van der Waals surface area contributed by atoms with E-state index in [1.54, 1.807) is 29.0 Å². The van der Waals surface area contributed by atoms with Crippen molar-refractivity contribution in [2.45, 2.75) is 33.5 Å². The predicted octanol–water partition coefficient (Wildman–Crippen LogP) is 4.04. The maximum atomic E-state index is 12.9. The highest BCUT2D eigenvalue weighted by atomic mass is 79.9. The van der Waals surface area contributed by atoms with Crippen LogP contribution in [0.5, 0.6) is 0 Å². The first-order valence-electron chi connectivity index (χ1n) is 9.81. The lowest BCUT2D eigenvalue weighted by atomic mass is 10.0. The third-order valence-corrected chi connectivity index (χ3v) is 5.85. The van der Waals surface area contributed by atoms with Gasteiger partial charge in [-0.05, 0) is 47.0 Å². The maximum absolute atomic E-state index is 12.9. The quantitative estimate of drug-likeness (QED) is 0.429. The van der Waals surface area contributed by atoms with Gasteiger partial charge in [-0.15, -0.1) is 0 Å². The summed E-state index contributed by atoms with van der Waals surface area (Å²) in [6, 6.07) is 12.2. The normalized spacial score (nSPS) is 11.2. The van der Waals surface area contributed by atoms with Crippen LogP contribution in [0.4, 0.5) is 0 Å². The Hall–Kier alpha value is -3.00. The molecular formula is C22H23BrN6O. The zero-order chi connectivity index (χ0) is 21.3. The van der Waals surface area contributed by atoms with Crippen LogP contribution in [0.2, 0.25) is 0 Å². The summed E-state index contributed by atoms with van der Waals surface area (Å²) >= 11 is 3.52. The number of pyridine rings is 1. The maximum Gasteiger partial charge on any atom is 0.244 e. The molecule has 3 aromatic heterocycles. The number of amides is 1. The van der Waals surface area contributed by atoms with E-state index in [0.717, 1.165) is 44.6 Å². The third kappa shape index (κ3) is 3.75. The number of carbonyl (C=O) groups excluding carboxylic acids is 1. The van der Waals surface area contributed by atoms with E-state index in [4.69, 9.17) is 0 Å². The minimum Gasteiger partial charge on any atom is -0.338 e. The minimum atomic E-state index is -0.0398. The molecule has 0 N–H and O–H groups in total. The Balaban J connectivity index is 1.61. The van der Waals surface area contributed by atoms with E-state index in [1.807, 2.05) is 42.8 Å². The number of likely N-dealkylation sites (N-methyl/N-ethyl adjacent to an activating group) is 1. The molecule has 0 aliphatic carbocycles. The van der Waals surface area contributed by atoms with Crippen LogP contribution in [0.15, 0.2) is 53.3 Å². The van der Waals surface area contributed by atoms with E-state index in [-0.39, 0.29) is 12.5 Å². The summed E-state index contributed by atoms with van der Waals surface area (Å²) in [6.45, 7) is 5.33. The van der Waals surface area contributed by atoms with Gasteiger partial charge >= 0.3 is 0 Å². The fourth-order valence-corrected chi connectivity index (χ4v) is 4.05. The van der Waals surface area contributed by atoms with Gasteiger partial charge < -0.3 is 4.90 Å². The van der Waals surface area contributed by atoms with Gasteiger partial charge in [-0.2, -0.15) is 10.2 Å². The third-order valence-electron chi connectivity index (χ3n) is 5.19. The average molecular weight is 467 g/mol. The van der Waals surface area contributed by atoms with Crippen molar-refractivity contribution in [3.63, 3.8) is 0 Å². The molecule has 4 rings (SSSR count). The lowest BCUT2D eigenvalue weighted by Gasteiger charge is -2.18. The molecule has 0 atom stereocenters. The molecule has 0 fully saturated rings. The van der Waals surface area contributed by atoms with E-state index in [2.05, 4.69) is 43.2 Å². The summed E-state index contributed by atoms with van der Waals surface area (Å²) in [7, 11) is 1.79. The van der Waals surface area contributed by atoms with Gasteiger partial charge in [-0.1, -0.05) is 30.3 Å². The van der Waals surface area contributed by atoms with Crippen LogP contribution in [0.3, 0.4) is 0 Å². The van der Waals surface area contributed by atoms with Crippen molar-refractivity contribution >= 4 is 32.9 Å². The molecule has 7 nitrogen and oxygen atoms in total. The van der Waals surface area contributed by atoms with Gasteiger partial charge in [0.2, 0.25) is 5.91 Å². The first kappa shape index (κ1) is 20.3. The van der Waals surface area contributed by atoms with Gasteiger partial charge in [0.1, 0.15) is 6.54 Å². The van der Waals surface area contributed by atoms with Crippen LogP contribution < -0.4 is 0 Å². The first-order valence-corrected chi connectivity index (χ1v) is 10.6. The standard InChI is InChI=1S/C22H23BrN6O/c1-4-28-19(18(23)12-25-28)13-27(3)20(30)14-29-22-21(15(2)26-29)17(10-11-24-22)16-8-6-5-7-9-16/h5-12H,4,13-14H2,1-3H3. The summed E-state index contributed by atoms with van der Waals surface area (Å²) in [6.07, 6.45) is 3.53. The summed E-state index contributed by atoms with van der Waals surface area (Å²) in [5.41, 5.74) is 4.73. The lowest BCUT2D eigenvalue weighted by Crippen LogP contribution is -2.31. The van der Waals surface area contributed by atoms with E-state index in [9.17, 15) is 4.79 Å². The monoisotopic (exact) mass is 466 g/mol. The van der Waals surface area contributed by atoms with Crippen LogP contribution in [-0.4, -0.2) is 42.4 Å². The molecule has 4 aromatic rings. The predicted molar refractivity (Wildman–Crippen MR) is 120 cm³/mol. The molecule has 0 saturated carbocycles. The number of aryl methyl sites for hydroxylation is 2. The molecule has 0 aliphatic heterocycles. The van der Waals surface area contributed by atoms with Gasteiger partial charge in [-0.25, -0.2) is 9.67 Å². The van der Waals surface area contributed by atoms with E-state index < -0.39 is 0 Å². The number of hydrogen-bond acceptors (Lipinski definition) is 4. The number of benzene rings is 1. The Labute approximate surface area is 183 Å². The Morgan fingerprint density at radius 3 is 2.67 bits per heavy atom. The Morgan fingerprint density at radius 1 is 1.17 bits per heavy atom. The first-order chi connectivity index (χ1) is 14.5. The number of rotatable bonds is 6. The van der Waals surface area contributed by atoms with Crippen LogP contribution >= 0.6 is 15.9 Å². The van der Waals surface area contributed by atoms with E-state index in [0.29, 0.717) is 6.54 Å². The topological polar surface area (TPSA) is 68.8 Å². The summed E-state index contributed by atoms with van der Waals surface area (Å²) in [5, 5.41) is 9.92. The molecule has 1 aromatic carbocycles. The molecule has 0 unspecified atom stereocenters. The number of halogens is 1. The Bertz CT molecular complexity index is 1200. The highest BCUT2D eigenvalue weighted by molar-refractivity contribution is 9.10. The summed E-state index contributed by atoms with van der Waals surface area (Å²) in [5.74, 6) is -0.0398. The SMILES string of the molecule is CCn1ncc(Br)c1CN(C)C(=O)Cn1nc(C)c2c(-c3ccccc3)ccnc21. The van der Waals surface area contributed by atoms with Crippen molar-refractivity contribution in [2.75, 3.05) is 7.05 Å². The van der Waals surface area contributed by atoms with Gasteiger partial charge in [0.15, 0.2) is 5.65 Å². The number of fused-ring (bicyclic) bond motifs is 1. The van der Waals surface area contributed by atoms with Gasteiger partial charge in [0.05, 0.1) is 28.6 Å². The minimum absolute atomic E-state index is 0.0398. The van der Waals surface area contributed by atoms with Crippen LogP contribution in [0.1, 0.15) is 18.3 Å². The zero-order valence-corrected chi connectivity index (χ0v) is 18.8. The summed E-state index contributed by atoms with van der Waals surface area (Å²) < 4.78 is 4.48. The van der Waals surface area contributed by atoms with Crippen LogP contribution in [0.25, 0.3) is 22.2 Å². The number of nitrogens with zero attached hydrogens (tertiary/aromatic N) is 6. The van der Waals surface area contributed by atoms with Crippen molar-refractivity contribution < 1.29 is 4.79 Å². The molecule has 1 amide bonds.